The first-order chi connectivity index (χ1) is 9.28. The highest BCUT2D eigenvalue weighted by molar-refractivity contribution is 6.30. The van der Waals surface area contributed by atoms with Crippen LogP contribution in [0.2, 0.25) is 5.02 Å². The number of amides is 2. The fourth-order valence-corrected chi connectivity index (χ4v) is 1.88. The number of carboxylic acids is 1. The summed E-state index contributed by atoms with van der Waals surface area (Å²) in [6.07, 6.45) is 0.383. The molecule has 3 N–H and O–H groups in total. The molecule has 1 aromatic carbocycles. The number of rotatable bonds is 6. The number of hydrogen-bond acceptors (Lipinski definition) is 2. The van der Waals surface area contributed by atoms with Crippen LogP contribution in [-0.4, -0.2) is 22.6 Å². The lowest BCUT2D eigenvalue weighted by Crippen LogP contribution is -2.48. The summed E-state index contributed by atoms with van der Waals surface area (Å²) in [6.45, 7) is 3.94. The van der Waals surface area contributed by atoms with Crippen LogP contribution in [-0.2, 0) is 11.3 Å². The average molecular weight is 299 g/mol. The Hall–Kier alpha value is -1.75. The molecule has 1 rings (SSSR count). The molecule has 0 aromatic heterocycles. The molecule has 2 amide bonds. The van der Waals surface area contributed by atoms with E-state index in [1.54, 1.807) is 26.0 Å². The van der Waals surface area contributed by atoms with Crippen molar-refractivity contribution in [1.29, 1.82) is 0 Å². The largest absolute Gasteiger partial charge is 0.481 e. The van der Waals surface area contributed by atoms with E-state index in [0.717, 1.165) is 5.56 Å². The normalized spacial score (nSPS) is 10.9. The number of nitrogens with one attached hydrogen (secondary N) is 2. The van der Waals surface area contributed by atoms with Gasteiger partial charge in [-0.05, 0) is 38.0 Å². The van der Waals surface area contributed by atoms with Crippen molar-refractivity contribution in [3.63, 3.8) is 0 Å². The van der Waals surface area contributed by atoms with Crippen LogP contribution in [0.4, 0.5) is 4.79 Å². The van der Waals surface area contributed by atoms with Gasteiger partial charge in [0, 0.05) is 23.5 Å². The molecule has 110 valence electrons. The number of aliphatic carboxylic acids is 1. The van der Waals surface area contributed by atoms with Gasteiger partial charge in [0.2, 0.25) is 0 Å². The summed E-state index contributed by atoms with van der Waals surface area (Å²) in [5, 5.41) is 14.7. The summed E-state index contributed by atoms with van der Waals surface area (Å²) in [5.74, 6) is -0.876. The Bertz CT molecular complexity index is 489. The average Bonchev–Trinajstić information content (AvgIpc) is 2.34. The molecule has 6 heteroatoms. The van der Waals surface area contributed by atoms with Gasteiger partial charge >= 0.3 is 12.0 Å². The Morgan fingerprint density at radius 1 is 1.35 bits per heavy atom. The zero-order valence-corrected chi connectivity index (χ0v) is 12.3. The van der Waals surface area contributed by atoms with E-state index in [-0.39, 0.29) is 12.5 Å². The van der Waals surface area contributed by atoms with E-state index < -0.39 is 11.5 Å². The number of carbonyl (C=O) groups is 2. The van der Waals surface area contributed by atoms with Crippen LogP contribution >= 0.6 is 11.6 Å². The van der Waals surface area contributed by atoms with Gasteiger partial charge in [0.15, 0.2) is 0 Å². The second-order valence-corrected chi connectivity index (χ2v) is 5.65. The van der Waals surface area contributed by atoms with Gasteiger partial charge in [0.05, 0.1) is 0 Å². The Labute approximate surface area is 123 Å². The minimum Gasteiger partial charge on any atom is -0.481 e. The molecular formula is C14H19ClN2O3. The zero-order chi connectivity index (χ0) is 15.2. The molecular weight excluding hydrogens is 280 g/mol. The number of carbonyl (C=O) groups excluding carboxylic acids is 1. The first kappa shape index (κ1) is 16.3. The van der Waals surface area contributed by atoms with Crippen molar-refractivity contribution < 1.29 is 14.7 Å². The molecule has 0 heterocycles. The quantitative estimate of drug-likeness (QED) is 0.755. The van der Waals surface area contributed by atoms with Crippen molar-refractivity contribution in [1.82, 2.24) is 10.6 Å². The summed E-state index contributed by atoms with van der Waals surface area (Å²) >= 11 is 5.85. The number of carboxylic acid groups (broad SMARTS) is 1. The van der Waals surface area contributed by atoms with Crippen LogP contribution in [0.15, 0.2) is 24.3 Å². The molecule has 0 spiro atoms. The van der Waals surface area contributed by atoms with Crippen molar-refractivity contribution in [3.8, 4) is 0 Å². The maximum absolute atomic E-state index is 11.8. The van der Waals surface area contributed by atoms with Gasteiger partial charge in [0.25, 0.3) is 0 Å². The van der Waals surface area contributed by atoms with Gasteiger partial charge in [-0.25, -0.2) is 4.79 Å². The van der Waals surface area contributed by atoms with Crippen molar-refractivity contribution in [2.45, 2.75) is 38.8 Å². The molecule has 0 saturated carbocycles. The van der Waals surface area contributed by atoms with Crippen LogP contribution in [0, 0.1) is 0 Å². The minimum atomic E-state index is -0.876. The van der Waals surface area contributed by atoms with E-state index in [2.05, 4.69) is 10.6 Å². The molecule has 0 saturated heterocycles. The van der Waals surface area contributed by atoms with E-state index in [4.69, 9.17) is 16.7 Å². The Morgan fingerprint density at radius 2 is 2.05 bits per heavy atom. The van der Waals surface area contributed by atoms with Gasteiger partial charge in [-0.2, -0.15) is 0 Å². The van der Waals surface area contributed by atoms with Crippen LogP contribution in [0.5, 0.6) is 0 Å². The third-order valence-corrected chi connectivity index (χ3v) is 2.99. The maximum Gasteiger partial charge on any atom is 0.315 e. The molecule has 1 aromatic rings. The lowest BCUT2D eigenvalue weighted by Gasteiger charge is -2.25. The highest BCUT2D eigenvalue weighted by atomic mass is 35.5. The van der Waals surface area contributed by atoms with Crippen LogP contribution in [0.1, 0.15) is 32.3 Å². The van der Waals surface area contributed by atoms with E-state index in [9.17, 15) is 9.59 Å². The number of hydrogen-bond donors (Lipinski definition) is 3. The van der Waals surface area contributed by atoms with Gasteiger partial charge in [-0.3, -0.25) is 4.79 Å². The molecule has 0 atom stereocenters. The van der Waals surface area contributed by atoms with Crippen molar-refractivity contribution >= 4 is 23.6 Å². The first-order valence-corrected chi connectivity index (χ1v) is 6.68. The third-order valence-electron chi connectivity index (χ3n) is 2.76. The second kappa shape index (κ2) is 7.14. The van der Waals surface area contributed by atoms with E-state index in [1.807, 2.05) is 12.1 Å². The highest BCUT2D eigenvalue weighted by Gasteiger charge is 2.21. The number of benzene rings is 1. The Morgan fingerprint density at radius 3 is 2.65 bits per heavy atom. The molecule has 20 heavy (non-hydrogen) atoms. The minimum absolute atomic E-state index is 0.0154. The predicted octanol–water partition coefficient (Wildman–Crippen LogP) is 2.78. The Balaban J connectivity index is 2.41. The fourth-order valence-electron chi connectivity index (χ4n) is 1.66. The maximum atomic E-state index is 11.8. The zero-order valence-electron chi connectivity index (χ0n) is 11.6. The fraction of sp³-hybridized carbons (Fsp3) is 0.429. The molecule has 0 aliphatic carbocycles. The van der Waals surface area contributed by atoms with Gasteiger partial charge in [0.1, 0.15) is 0 Å². The summed E-state index contributed by atoms with van der Waals surface area (Å²) in [4.78, 5) is 22.3. The molecule has 5 nitrogen and oxygen atoms in total. The molecule has 0 aliphatic rings. The highest BCUT2D eigenvalue weighted by Crippen LogP contribution is 2.12. The van der Waals surface area contributed by atoms with Crippen LogP contribution in [0.25, 0.3) is 0 Å². The monoisotopic (exact) mass is 298 g/mol. The SMILES string of the molecule is CC(C)(CCC(=O)O)NC(=O)NCc1cccc(Cl)c1. The molecule has 0 bridgehead atoms. The Kier molecular flexibility index (Phi) is 5.82. The summed E-state index contributed by atoms with van der Waals surface area (Å²) in [6, 6.07) is 6.88. The molecule has 0 unspecified atom stereocenters. The first-order valence-electron chi connectivity index (χ1n) is 6.31. The van der Waals surface area contributed by atoms with Crippen LogP contribution in [0.3, 0.4) is 0 Å². The van der Waals surface area contributed by atoms with Gasteiger partial charge in [-0.15, -0.1) is 0 Å². The van der Waals surface area contributed by atoms with E-state index in [0.29, 0.717) is 18.0 Å². The topological polar surface area (TPSA) is 78.4 Å². The smallest absolute Gasteiger partial charge is 0.315 e. The van der Waals surface area contributed by atoms with Crippen LogP contribution < -0.4 is 10.6 Å². The summed E-state index contributed by atoms with van der Waals surface area (Å²) < 4.78 is 0. The molecule has 0 fully saturated rings. The lowest BCUT2D eigenvalue weighted by molar-refractivity contribution is -0.137. The summed E-state index contributed by atoms with van der Waals surface area (Å²) in [7, 11) is 0. The predicted molar refractivity (Wildman–Crippen MR) is 77.8 cm³/mol. The number of urea groups is 1. The molecule has 0 aliphatic heterocycles. The van der Waals surface area contributed by atoms with Crippen molar-refractivity contribution in [2.24, 2.45) is 0 Å². The standard InChI is InChI=1S/C14H19ClN2O3/c1-14(2,7-6-12(18)19)17-13(20)16-9-10-4-3-5-11(15)8-10/h3-5,8H,6-7,9H2,1-2H3,(H,18,19)(H2,16,17,20). The van der Waals surface area contributed by atoms with Gasteiger partial charge in [-0.1, -0.05) is 23.7 Å². The second-order valence-electron chi connectivity index (χ2n) is 5.22. The van der Waals surface area contributed by atoms with Crippen molar-refractivity contribution in [2.75, 3.05) is 0 Å². The number of halogens is 1. The summed E-state index contributed by atoms with van der Waals surface area (Å²) in [5.41, 5.74) is 0.326. The van der Waals surface area contributed by atoms with Crippen molar-refractivity contribution in [3.05, 3.63) is 34.9 Å². The third kappa shape index (κ3) is 6.43. The lowest BCUT2D eigenvalue weighted by atomic mass is 9.99. The van der Waals surface area contributed by atoms with E-state index >= 15 is 0 Å². The van der Waals surface area contributed by atoms with E-state index in [1.165, 1.54) is 0 Å². The van der Waals surface area contributed by atoms with Gasteiger partial charge < -0.3 is 15.7 Å². The molecule has 0 radical (unpaired) electrons.